The van der Waals surface area contributed by atoms with Crippen LogP contribution in [0.15, 0.2) is 28.8 Å². The first-order chi connectivity index (χ1) is 13.0. The van der Waals surface area contributed by atoms with Crippen molar-refractivity contribution < 1.29 is 33.1 Å². The third-order valence-electron chi connectivity index (χ3n) is 3.50. The van der Waals surface area contributed by atoms with Gasteiger partial charge in [-0.3, -0.25) is 4.79 Å². The Morgan fingerprint density at radius 2 is 2.07 bits per heavy atom. The Morgan fingerprint density at radius 3 is 2.81 bits per heavy atom. The lowest BCUT2D eigenvalue weighted by Crippen LogP contribution is -2.20. The Kier molecular flexibility index (Phi) is 5.60. The van der Waals surface area contributed by atoms with Crippen LogP contribution in [0.5, 0.6) is 17.2 Å². The van der Waals surface area contributed by atoms with E-state index in [0.717, 1.165) is 0 Å². The molecule has 9 heteroatoms. The van der Waals surface area contributed by atoms with Gasteiger partial charge in [0.15, 0.2) is 23.9 Å². The van der Waals surface area contributed by atoms with Crippen molar-refractivity contribution in [2.45, 2.75) is 6.92 Å². The molecular formula is C18H18N2O7. The third kappa shape index (κ3) is 4.78. The third-order valence-corrected chi connectivity index (χ3v) is 3.50. The van der Waals surface area contributed by atoms with Crippen LogP contribution in [-0.2, 0) is 14.3 Å². The van der Waals surface area contributed by atoms with E-state index in [1.54, 1.807) is 25.1 Å². The monoisotopic (exact) mass is 374 g/mol. The van der Waals surface area contributed by atoms with Crippen LogP contribution >= 0.6 is 0 Å². The Labute approximate surface area is 154 Å². The predicted octanol–water partition coefficient (Wildman–Crippen LogP) is 1.96. The first-order valence-electron chi connectivity index (χ1n) is 8.11. The SMILES string of the molecule is COc1cc(/C=C/C(=O)OCC(=O)Nc2cc(C)on2)cc2c1OCCO2. The van der Waals surface area contributed by atoms with Crippen molar-refractivity contribution >= 4 is 23.8 Å². The molecule has 1 aliphatic heterocycles. The summed E-state index contributed by atoms with van der Waals surface area (Å²) in [6.45, 7) is 2.13. The van der Waals surface area contributed by atoms with Gasteiger partial charge in [-0.25, -0.2) is 4.79 Å². The van der Waals surface area contributed by atoms with E-state index in [2.05, 4.69) is 10.5 Å². The number of aryl methyl sites for hydroxylation is 1. The Hall–Kier alpha value is -3.49. The number of carbonyl (C=O) groups is 2. The second-order valence-corrected chi connectivity index (χ2v) is 5.56. The molecule has 1 aliphatic rings. The average Bonchev–Trinajstić information content (AvgIpc) is 3.08. The van der Waals surface area contributed by atoms with Gasteiger partial charge >= 0.3 is 5.97 Å². The molecule has 0 fully saturated rings. The highest BCUT2D eigenvalue weighted by Crippen LogP contribution is 2.40. The van der Waals surface area contributed by atoms with Crippen LogP contribution in [0.1, 0.15) is 11.3 Å². The fourth-order valence-electron chi connectivity index (χ4n) is 2.34. The number of nitrogens with one attached hydrogen (secondary N) is 1. The molecule has 0 unspecified atom stereocenters. The van der Waals surface area contributed by atoms with Crippen LogP contribution in [0.25, 0.3) is 6.08 Å². The van der Waals surface area contributed by atoms with Crippen molar-refractivity contribution in [3.8, 4) is 17.2 Å². The average molecular weight is 374 g/mol. The summed E-state index contributed by atoms with van der Waals surface area (Å²) in [7, 11) is 1.52. The van der Waals surface area contributed by atoms with Gasteiger partial charge in [0.25, 0.3) is 5.91 Å². The molecule has 0 atom stereocenters. The summed E-state index contributed by atoms with van der Waals surface area (Å²) in [6.07, 6.45) is 2.74. The highest BCUT2D eigenvalue weighted by atomic mass is 16.6. The number of methoxy groups -OCH3 is 1. The number of esters is 1. The van der Waals surface area contributed by atoms with Gasteiger partial charge < -0.3 is 28.8 Å². The molecule has 0 radical (unpaired) electrons. The second-order valence-electron chi connectivity index (χ2n) is 5.56. The highest BCUT2D eigenvalue weighted by Gasteiger charge is 2.18. The van der Waals surface area contributed by atoms with Crippen molar-refractivity contribution in [1.82, 2.24) is 5.16 Å². The molecule has 0 saturated heterocycles. The molecule has 1 aromatic carbocycles. The minimum Gasteiger partial charge on any atom is -0.493 e. The summed E-state index contributed by atoms with van der Waals surface area (Å²) in [4.78, 5) is 23.5. The van der Waals surface area contributed by atoms with Gasteiger partial charge in [-0.1, -0.05) is 5.16 Å². The van der Waals surface area contributed by atoms with E-state index in [4.69, 9.17) is 23.5 Å². The molecule has 1 amide bonds. The lowest BCUT2D eigenvalue weighted by Gasteiger charge is -2.20. The molecular weight excluding hydrogens is 356 g/mol. The summed E-state index contributed by atoms with van der Waals surface area (Å²) in [5.41, 5.74) is 0.663. The van der Waals surface area contributed by atoms with Gasteiger partial charge in [-0.2, -0.15) is 0 Å². The number of fused-ring (bicyclic) bond motifs is 1. The molecule has 27 heavy (non-hydrogen) atoms. The number of anilines is 1. The van der Waals surface area contributed by atoms with Gasteiger partial charge in [0, 0.05) is 12.1 Å². The summed E-state index contributed by atoms with van der Waals surface area (Å²) in [6, 6.07) is 4.98. The van der Waals surface area contributed by atoms with E-state index in [1.165, 1.54) is 19.3 Å². The summed E-state index contributed by atoms with van der Waals surface area (Å²) >= 11 is 0. The number of carbonyl (C=O) groups excluding carboxylic acids is 2. The predicted molar refractivity (Wildman–Crippen MR) is 93.8 cm³/mol. The molecule has 0 bridgehead atoms. The molecule has 3 rings (SSSR count). The van der Waals surface area contributed by atoms with Crippen molar-refractivity contribution in [2.24, 2.45) is 0 Å². The molecule has 0 saturated carbocycles. The summed E-state index contributed by atoms with van der Waals surface area (Å²) in [5.74, 6) is 1.19. The normalized spacial score (nSPS) is 12.7. The minimum absolute atomic E-state index is 0.257. The number of nitrogens with zero attached hydrogens (tertiary/aromatic N) is 1. The minimum atomic E-state index is -0.671. The van der Waals surface area contributed by atoms with Crippen LogP contribution in [0, 0.1) is 6.92 Å². The van der Waals surface area contributed by atoms with Crippen LogP contribution in [-0.4, -0.2) is 44.0 Å². The number of rotatable bonds is 6. The van der Waals surface area contributed by atoms with Gasteiger partial charge in [0.1, 0.15) is 19.0 Å². The van der Waals surface area contributed by atoms with Gasteiger partial charge in [-0.15, -0.1) is 0 Å². The van der Waals surface area contributed by atoms with E-state index >= 15 is 0 Å². The van der Waals surface area contributed by atoms with Gasteiger partial charge in [0.05, 0.1) is 7.11 Å². The van der Waals surface area contributed by atoms with Crippen molar-refractivity contribution in [3.05, 3.63) is 35.6 Å². The molecule has 9 nitrogen and oxygen atoms in total. The summed E-state index contributed by atoms with van der Waals surface area (Å²) < 4.78 is 26.0. The van der Waals surface area contributed by atoms with Crippen LogP contribution < -0.4 is 19.5 Å². The summed E-state index contributed by atoms with van der Waals surface area (Å²) in [5, 5.41) is 6.06. The number of ether oxygens (including phenoxy) is 4. The van der Waals surface area contributed by atoms with E-state index < -0.39 is 18.5 Å². The topological polar surface area (TPSA) is 109 Å². The molecule has 2 heterocycles. The van der Waals surface area contributed by atoms with Gasteiger partial charge in [-0.05, 0) is 30.7 Å². The molecule has 142 valence electrons. The maximum absolute atomic E-state index is 11.8. The highest BCUT2D eigenvalue weighted by molar-refractivity contribution is 5.94. The van der Waals surface area contributed by atoms with E-state index in [-0.39, 0.29) is 5.82 Å². The Bertz CT molecular complexity index is 855. The van der Waals surface area contributed by atoms with E-state index in [9.17, 15) is 9.59 Å². The maximum Gasteiger partial charge on any atom is 0.331 e. The Balaban J connectivity index is 1.56. The molecule has 2 aromatic rings. The van der Waals surface area contributed by atoms with E-state index in [1.807, 2.05) is 0 Å². The van der Waals surface area contributed by atoms with Crippen molar-refractivity contribution in [3.63, 3.8) is 0 Å². The first kappa shape index (κ1) is 18.3. The maximum atomic E-state index is 11.8. The zero-order valence-electron chi connectivity index (χ0n) is 14.8. The number of benzene rings is 1. The smallest absolute Gasteiger partial charge is 0.331 e. The number of amides is 1. The quantitative estimate of drug-likeness (QED) is 0.604. The van der Waals surface area contributed by atoms with Crippen LogP contribution in [0.3, 0.4) is 0 Å². The molecule has 1 N–H and O–H groups in total. The van der Waals surface area contributed by atoms with Crippen LogP contribution in [0.4, 0.5) is 5.82 Å². The zero-order chi connectivity index (χ0) is 19.2. The zero-order valence-corrected chi connectivity index (χ0v) is 14.8. The van der Waals surface area contributed by atoms with Crippen molar-refractivity contribution in [1.29, 1.82) is 0 Å². The van der Waals surface area contributed by atoms with Crippen LogP contribution in [0.2, 0.25) is 0 Å². The molecule has 1 aromatic heterocycles. The lowest BCUT2D eigenvalue weighted by molar-refractivity contribution is -0.142. The fraction of sp³-hybridized carbons (Fsp3) is 0.278. The first-order valence-corrected chi connectivity index (χ1v) is 8.11. The largest absolute Gasteiger partial charge is 0.493 e. The van der Waals surface area contributed by atoms with E-state index in [0.29, 0.717) is 41.8 Å². The number of aromatic nitrogens is 1. The standard InChI is InChI=1S/C18H18N2O7/c1-11-7-15(20-27-11)19-16(21)10-26-17(22)4-3-12-8-13(23-2)18-14(9-12)24-5-6-25-18/h3-4,7-9H,5-6,10H2,1-2H3,(H,19,20,21)/b4-3+. The second kappa shape index (κ2) is 8.26. The fourth-order valence-corrected chi connectivity index (χ4v) is 2.34. The molecule has 0 aliphatic carbocycles. The lowest BCUT2D eigenvalue weighted by atomic mass is 10.1. The van der Waals surface area contributed by atoms with Gasteiger partial charge in [0.2, 0.25) is 5.75 Å². The number of hydrogen-bond acceptors (Lipinski definition) is 8. The molecule has 0 spiro atoms. The van der Waals surface area contributed by atoms with Crippen molar-refractivity contribution in [2.75, 3.05) is 32.2 Å². The Morgan fingerprint density at radius 1 is 1.26 bits per heavy atom. The number of hydrogen-bond donors (Lipinski definition) is 1.